The van der Waals surface area contributed by atoms with Crippen molar-refractivity contribution in [3.05, 3.63) is 35.9 Å². The van der Waals surface area contributed by atoms with Gasteiger partial charge in [0.25, 0.3) is 5.91 Å². The molecule has 170 valence electrons. The van der Waals surface area contributed by atoms with Crippen LogP contribution in [0.25, 0.3) is 0 Å². The van der Waals surface area contributed by atoms with Crippen molar-refractivity contribution in [2.75, 3.05) is 26.2 Å². The number of carbonyl (C=O) groups excluding carboxylic acids is 1. The molecular weight excluding hydrogens is 403 g/mol. The first-order valence-electron chi connectivity index (χ1n) is 9.91. The monoisotopic (exact) mass is 434 g/mol. The lowest BCUT2D eigenvalue weighted by Crippen LogP contribution is -2.34. The first-order chi connectivity index (χ1) is 14.4. The van der Waals surface area contributed by atoms with E-state index in [1.807, 2.05) is 4.90 Å². The quantitative estimate of drug-likeness (QED) is 0.189. The lowest BCUT2D eigenvalue weighted by molar-refractivity contribution is -0.114. The van der Waals surface area contributed by atoms with Gasteiger partial charge < -0.3 is 31.7 Å². The normalized spacial score (nSPS) is 25.0. The van der Waals surface area contributed by atoms with E-state index in [0.29, 0.717) is 38.3 Å². The molecule has 1 amide bonds. The van der Waals surface area contributed by atoms with Crippen LogP contribution in [0, 0.1) is 10.8 Å². The van der Waals surface area contributed by atoms with Crippen LogP contribution in [-0.4, -0.2) is 76.1 Å². The Labute approximate surface area is 181 Å². The van der Waals surface area contributed by atoms with Gasteiger partial charge in [-0.15, -0.1) is 0 Å². The van der Waals surface area contributed by atoms with Crippen LogP contribution in [0.15, 0.2) is 40.9 Å². The van der Waals surface area contributed by atoms with Gasteiger partial charge in [-0.1, -0.05) is 6.58 Å². The fourth-order valence-electron chi connectivity index (χ4n) is 3.32. The lowest BCUT2D eigenvalue weighted by atomic mass is 10.1. The summed E-state index contributed by atoms with van der Waals surface area (Å²) in [7, 11) is 0. The molecule has 0 bridgehead atoms. The zero-order valence-electron chi connectivity index (χ0n) is 17.9. The molecule has 2 heterocycles. The van der Waals surface area contributed by atoms with Crippen LogP contribution in [0.3, 0.4) is 0 Å². The summed E-state index contributed by atoms with van der Waals surface area (Å²) < 4.78 is 13.4. The number of rotatable bonds is 7. The molecule has 8 N–H and O–H groups in total. The summed E-state index contributed by atoms with van der Waals surface area (Å²) in [4.78, 5) is 19.5. The van der Waals surface area contributed by atoms with Gasteiger partial charge in [-0.05, 0) is 32.8 Å². The Hall–Kier alpha value is -3.21. The van der Waals surface area contributed by atoms with E-state index in [9.17, 15) is 14.3 Å². The molecule has 2 unspecified atom stereocenters. The Morgan fingerprint density at radius 3 is 2.55 bits per heavy atom. The molecule has 2 fully saturated rings. The number of nitrogens with one attached hydrogen (secondary N) is 3. The van der Waals surface area contributed by atoms with Gasteiger partial charge in [0.1, 0.15) is 23.5 Å². The minimum absolute atomic E-state index is 0.0540. The number of amides is 1. The number of halogens is 1. The summed E-state index contributed by atoms with van der Waals surface area (Å²) in [6, 6.07) is 0. The van der Waals surface area contributed by atoms with Gasteiger partial charge >= 0.3 is 0 Å². The molecule has 0 aromatic heterocycles. The number of nitrogens with two attached hydrogens (primary N) is 2. The molecule has 11 heteroatoms. The van der Waals surface area contributed by atoms with Gasteiger partial charge in [-0.2, -0.15) is 0 Å². The summed E-state index contributed by atoms with van der Waals surface area (Å²) in [5.41, 5.74) is 10.7. The minimum atomic E-state index is -1.02. The molecule has 31 heavy (non-hydrogen) atoms. The Balaban J connectivity index is 2.03. The number of allylic oxidation sites excluding steroid dienone is 1. The number of aliphatic imine (C=N–C) groups is 1. The van der Waals surface area contributed by atoms with Crippen LogP contribution in [0.5, 0.6) is 0 Å². The van der Waals surface area contributed by atoms with Gasteiger partial charge in [0.2, 0.25) is 0 Å². The maximum absolute atomic E-state index is 13.4. The number of amidine groups is 2. The second-order valence-corrected chi connectivity index (χ2v) is 8.07. The van der Waals surface area contributed by atoms with Crippen LogP contribution in [0.4, 0.5) is 4.39 Å². The summed E-state index contributed by atoms with van der Waals surface area (Å²) in [5, 5.41) is 28.8. The third kappa shape index (κ3) is 6.64. The lowest BCUT2D eigenvalue weighted by Gasteiger charge is -2.22. The van der Waals surface area contributed by atoms with E-state index >= 15 is 0 Å². The van der Waals surface area contributed by atoms with Gasteiger partial charge in [0.15, 0.2) is 0 Å². The van der Waals surface area contributed by atoms with Crippen LogP contribution >= 0.6 is 0 Å². The molecular formula is C20H31FN8O2. The smallest absolute Gasteiger partial charge is 0.294 e. The van der Waals surface area contributed by atoms with Crippen molar-refractivity contribution >= 4 is 23.3 Å². The molecule has 10 nitrogen and oxygen atoms in total. The molecule has 2 aliphatic rings. The summed E-state index contributed by atoms with van der Waals surface area (Å²) in [6.07, 6.45) is 2.51. The second-order valence-electron chi connectivity index (χ2n) is 8.07. The maximum Gasteiger partial charge on any atom is 0.294 e. The summed E-state index contributed by atoms with van der Waals surface area (Å²) in [5.74, 6) is -0.685. The molecule has 0 aromatic rings. The van der Waals surface area contributed by atoms with Crippen molar-refractivity contribution < 1.29 is 14.3 Å². The van der Waals surface area contributed by atoms with E-state index in [4.69, 9.17) is 22.3 Å². The highest BCUT2D eigenvalue weighted by Gasteiger charge is 2.31. The average molecular weight is 435 g/mol. The van der Waals surface area contributed by atoms with Crippen molar-refractivity contribution in [3.8, 4) is 0 Å². The standard InChI is InChI=1S/C20H31FN8O2/c1-12(8-15(17(23)24)18(25)28-6-4-14(21)10-28)27-19(30)16(22)9-26-13(2)29-7-5-20(3,31)11-29/h8-9,14,25-26,31H,2,4-7,10-11,22H2,1,3H3,(H3,23,24). The first-order valence-corrected chi connectivity index (χ1v) is 9.91. The van der Waals surface area contributed by atoms with E-state index in [2.05, 4.69) is 16.9 Å². The zero-order valence-corrected chi connectivity index (χ0v) is 17.9. The molecule has 2 aliphatic heterocycles. The molecule has 0 radical (unpaired) electrons. The van der Waals surface area contributed by atoms with Crippen molar-refractivity contribution in [3.63, 3.8) is 0 Å². The average Bonchev–Trinajstić information content (AvgIpc) is 3.28. The van der Waals surface area contributed by atoms with E-state index in [1.165, 1.54) is 24.1 Å². The Morgan fingerprint density at radius 1 is 1.35 bits per heavy atom. The zero-order chi connectivity index (χ0) is 23.3. The van der Waals surface area contributed by atoms with E-state index in [-0.39, 0.29) is 35.2 Å². The Kier molecular flexibility index (Phi) is 7.55. The minimum Gasteiger partial charge on any atom is -0.393 e. The van der Waals surface area contributed by atoms with Crippen molar-refractivity contribution in [2.24, 2.45) is 16.5 Å². The predicted molar refractivity (Wildman–Crippen MR) is 118 cm³/mol. The highest BCUT2D eigenvalue weighted by Crippen LogP contribution is 2.22. The van der Waals surface area contributed by atoms with Gasteiger partial charge in [-0.3, -0.25) is 15.6 Å². The fraction of sp³-hybridized carbons (Fsp3) is 0.500. The molecule has 0 aliphatic carbocycles. The highest BCUT2D eigenvalue weighted by molar-refractivity contribution is 6.24. The highest BCUT2D eigenvalue weighted by atomic mass is 19.1. The largest absolute Gasteiger partial charge is 0.393 e. The van der Waals surface area contributed by atoms with Crippen molar-refractivity contribution in [2.45, 2.75) is 38.5 Å². The summed E-state index contributed by atoms with van der Waals surface area (Å²) >= 11 is 0. The number of alkyl halides is 1. The first kappa shape index (κ1) is 24.1. The van der Waals surface area contributed by atoms with Crippen molar-refractivity contribution in [1.82, 2.24) is 15.1 Å². The number of aliphatic hydroxyl groups is 1. The Bertz CT molecular complexity index is 861. The van der Waals surface area contributed by atoms with Crippen LogP contribution in [0.1, 0.15) is 26.7 Å². The molecule has 2 saturated heterocycles. The van der Waals surface area contributed by atoms with E-state index < -0.39 is 17.7 Å². The number of hydrogen-bond donors (Lipinski definition) is 6. The third-order valence-corrected chi connectivity index (χ3v) is 5.10. The number of likely N-dealkylation sites (tertiary alicyclic amines) is 2. The number of β-amino-alcohol motifs (C(OH)–C–C–N with tert-alkyl or cyclic N) is 1. The fourth-order valence-corrected chi connectivity index (χ4v) is 3.32. The maximum atomic E-state index is 13.4. The molecule has 2 atom stereocenters. The summed E-state index contributed by atoms with van der Waals surface area (Å²) in [6.45, 7) is 8.60. The van der Waals surface area contributed by atoms with Gasteiger partial charge in [-0.25, -0.2) is 9.38 Å². The van der Waals surface area contributed by atoms with Crippen LogP contribution < -0.4 is 16.8 Å². The SMILES string of the molecule is C=C(NC=C(N)C(=O)N=C(C)C=C(C(=N)N)C(=N)N1CCC(F)C1)N1CCC(C)(O)C1. The van der Waals surface area contributed by atoms with Crippen LogP contribution in [0.2, 0.25) is 0 Å². The molecule has 2 rings (SSSR count). The number of nitrogens with zero attached hydrogens (tertiary/aromatic N) is 3. The number of hydrogen-bond acceptors (Lipinski definition) is 7. The van der Waals surface area contributed by atoms with E-state index in [1.54, 1.807) is 6.92 Å². The van der Waals surface area contributed by atoms with E-state index in [0.717, 1.165) is 0 Å². The molecule has 0 saturated carbocycles. The van der Waals surface area contributed by atoms with Gasteiger partial charge in [0.05, 0.1) is 23.5 Å². The molecule has 0 aromatic carbocycles. The second kappa shape index (κ2) is 9.73. The third-order valence-electron chi connectivity index (χ3n) is 5.10. The Morgan fingerprint density at radius 2 is 2.03 bits per heavy atom. The molecule has 0 spiro atoms. The predicted octanol–water partition coefficient (Wildman–Crippen LogP) is 0.175. The number of carbonyl (C=O) groups is 1. The van der Waals surface area contributed by atoms with Gasteiger partial charge in [0, 0.05) is 31.5 Å². The van der Waals surface area contributed by atoms with Crippen LogP contribution in [-0.2, 0) is 4.79 Å². The van der Waals surface area contributed by atoms with Crippen molar-refractivity contribution in [1.29, 1.82) is 10.8 Å². The topological polar surface area (TPSA) is 168 Å².